The highest BCUT2D eigenvalue weighted by Crippen LogP contribution is 2.42. The fourth-order valence-electron chi connectivity index (χ4n) is 3.21. The van der Waals surface area contributed by atoms with Gasteiger partial charge in [-0.2, -0.15) is 0 Å². The van der Waals surface area contributed by atoms with Crippen LogP contribution in [-0.4, -0.2) is 17.6 Å². The molecule has 124 valence electrons. The van der Waals surface area contributed by atoms with Gasteiger partial charge in [-0.05, 0) is 45.2 Å². The maximum atomic E-state index is 12.1. The van der Waals surface area contributed by atoms with Gasteiger partial charge in [-0.25, -0.2) is 4.79 Å². The first-order valence-electron chi connectivity index (χ1n) is 8.21. The Hall–Kier alpha value is -1.90. The minimum Gasteiger partial charge on any atom is -0.461 e. The maximum Gasteiger partial charge on any atom is 0.339 e. The Balaban J connectivity index is 1.98. The van der Waals surface area contributed by atoms with Gasteiger partial charge in [0.1, 0.15) is 0 Å². The van der Waals surface area contributed by atoms with E-state index in [1.807, 2.05) is 0 Å². The lowest BCUT2D eigenvalue weighted by Gasteiger charge is -2.28. The Labute approximate surface area is 139 Å². The number of hydrogen-bond donors (Lipinski definition) is 0. The molecule has 0 amide bonds. The van der Waals surface area contributed by atoms with E-state index in [2.05, 4.69) is 39.3 Å². The minimum absolute atomic E-state index is 0.0908. The summed E-state index contributed by atoms with van der Waals surface area (Å²) >= 11 is 0. The molecule has 3 nitrogen and oxygen atoms in total. The molecule has 0 spiro atoms. The van der Waals surface area contributed by atoms with Gasteiger partial charge in [-0.3, -0.25) is 4.98 Å². The summed E-state index contributed by atoms with van der Waals surface area (Å²) in [6.07, 6.45) is 6.45. The van der Waals surface area contributed by atoms with E-state index in [1.165, 1.54) is 29.3 Å². The van der Waals surface area contributed by atoms with E-state index in [-0.39, 0.29) is 11.4 Å². The number of ether oxygens (including phenoxy) is 1. The molecule has 0 fully saturated rings. The van der Waals surface area contributed by atoms with Gasteiger partial charge in [0.05, 0.1) is 12.2 Å². The third-order valence-corrected chi connectivity index (χ3v) is 4.53. The third kappa shape index (κ3) is 4.54. The molecule has 0 unspecified atom stereocenters. The number of esters is 1. The van der Waals surface area contributed by atoms with E-state index in [0.717, 1.165) is 12.8 Å². The smallest absolute Gasteiger partial charge is 0.339 e. The molecule has 0 aliphatic heterocycles. The topological polar surface area (TPSA) is 39.2 Å². The molecule has 0 aromatic carbocycles. The molecule has 0 bridgehead atoms. The van der Waals surface area contributed by atoms with Crippen molar-refractivity contribution < 1.29 is 9.53 Å². The Morgan fingerprint density at radius 1 is 1.48 bits per heavy atom. The predicted molar refractivity (Wildman–Crippen MR) is 93.2 cm³/mol. The number of nitrogens with zero attached hydrogens (tertiary/aromatic N) is 1. The molecule has 2 rings (SSSR count). The molecule has 1 aliphatic rings. The second-order valence-electron chi connectivity index (χ2n) is 7.40. The lowest BCUT2D eigenvalue weighted by atomic mass is 9.80. The van der Waals surface area contributed by atoms with Gasteiger partial charge >= 0.3 is 5.97 Å². The zero-order valence-corrected chi connectivity index (χ0v) is 14.7. The zero-order chi connectivity index (χ0) is 17.0. The van der Waals surface area contributed by atoms with Crippen molar-refractivity contribution in [3.8, 4) is 0 Å². The van der Waals surface area contributed by atoms with Gasteiger partial charge < -0.3 is 4.74 Å². The Bertz CT molecular complexity index is 614. The minimum atomic E-state index is -0.306. The van der Waals surface area contributed by atoms with Gasteiger partial charge in [-0.15, -0.1) is 0 Å². The van der Waals surface area contributed by atoms with Crippen molar-refractivity contribution in [2.45, 2.75) is 47.0 Å². The van der Waals surface area contributed by atoms with E-state index in [9.17, 15) is 4.79 Å². The second-order valence-corrected chi connectivity index (χ2v) is 7.40. The maximum absolute atomic E-state index is 12.1. The number of carbonyl (C=O) groups excluding carboxylic acids is 1. The van der Waals surface area contributed by atoms with Crippen molar-refractivity contribution in [3.05, 3.63) is 53.4 Å². The van der Waals surface area contributed by atoms with Gasteiger partial charge in [0.25, 0.3) is 0 Å². The van der Waals surface area contributed by atoms with Crippen molar-refractivity contribution in [1.82, 2.24) is 4.98 Å². The molecular weight excluding hydrogens is 286 g/mol. The molecule has 3 heteroatoms. The zero-order valence-electron chi connectivity index (χ0n) is 14.7. The van der Waals surface area contributed by atoms with Gasteiger partial charge in [0.2, 0.25) is 0 Å². The van der Waals surface area contributed by atoms with Crippen LogP contribution < -0.4 is 0 Å². The molecule has 1 heterocycles. The molecule has 0 N–H and O–H groups in total. The first-order valence-corrected chi connectivity index (χ1v) is 8.21. The van der Waals surface area contributed by atoms with Gasteiger partial charge in [-0.1, -0.05) is 37.1 Å². The number of aromatic nitrogens is 1. The van der Waals surface area contributed by atoms with Crippen LogP contribution in [0.4, 0.5) is 0 Å². The molecule has 0 radical (unpaired) electrons. The second kappa shape index (κ2) is 7.12. The molecule has 23 heavy (non-hydrogen) atoms. The fraction of sp³-hybridized carbons (Fsp3) is 0.500. The summed E-state index contributed by atoms with van der Waals surface area (Å²) in [5.41, 5.74) is 4.61. The SMILES string of the molecule is C=C(C)[C@@H]1CCC(C)=C1CC(C)(C)COC(=O)c1cccnc1. The van der Waals surface area contributed by atoms with Crippen molar-refractivity contribution >= 4 is 5.97 Å². The van der Waals surface area contributed by atoms with Crippen LogP contribution in [0.2, 0.25) is 0 Å². The lowest BCUT2D eigenvalue weighted by molar-refractivity contribution is 0.0338. The Morgan fingerprint density at radius 3 is 2.83 bits per heavy atom. The molecule has 1 atom stereocenters. The van der Waals surface area contributed by atoms with Crippen LogP contribution in [0.1, 0.15) is 57.3 Å². The van der Waals surface area contributed by atoms with E-state index >= 15 is 0 Å². The summed E-state index contributed by atoms with van der Waals surface area (Å²) in [6, 6.07) is 3.47. The number of pyridine rings is 1. The highest BCUT2D eigenvalue weighted by molar-refractivity contribution is 5.88. The molecule has 1 aromatic heterocycles. The van der Waals surface area contributed by atoms with E-state index in [1.54, 1.807) is 18.3 Å². The quantitative estimate of drug-likeness (QED) is 0.550. The van der Waals surface area contributed by atoms with Crippen LogP contribution in [0.25, 0.3) is 0 Å². The molecule has 0 saturated heterocycles. The van der Waals surface area contributed by atoms with Crippen LogP contribution in [0.5, 0.6) is 0 Å². The van der Waals surface area contributed by atoms with Crippen LogP contribution in [0, 0.1) is 11.3 Å². The first-order chi connectivity index (χ1) is 10.8. The molecule has 0 saturated carbocycles. The first kappa shape index (κ1) is 17.5. The summed E-state index contributed by atoms with van der Waals surface area (Å²) < 4.78 is 5.51. The van der Waals surface area contributed by atoms with E-state index in [0.29, 0.717) is 18.1 Å². The molecule has 1 aromatic rings. The number of hydrogen-bond acceptors (Lipinski definition) is 3. The van der Waals surface area contributed by atoms with Crippen LogP contribution in [-0.2, 0) is 4.74 Å². The largest absolute Gasteiger partial charge is 0.461 e. The van der Waals surface area contributed by atoms with Crippen LogP contribution in [0.3, 0.4) is 0 Å². The third-order valence-electron chi connectivity index (χ3n) is 4.53. The lowest BCUT2D eigenvalue weighted by Crippen LogP contribution is -2.24. The standard InChI is InChI=1S/C20H27NO2/c1-14(2)17-9-8-15(3)18(17)11-20(4,5)13-23-19(22)16-7-6-10-21-12-16/h6-7,10,12,17H,1,8-9,11,13H2,2-5H3/t17-/m0/s1. The highest BCUT2D eigenvalue weighted by atomic mass is 16.5. The van der Waals surface area contributed by atoms with E-state index in [4.69, 9.17) is 4.74 Å². The van der Waals surface area contributed by atoms with Crippen molar-refractivity contribution in [2.75, 3.05) is 6.61 Å². The van der Waals surface area contributed by atoms with Gasteiger partial charge in [0.15, 0.2) is 0 Å². The van der Waals surface area contributed by atoms with Crippen LogP contribution >= 0.6 is 0 Å². The van der Waals surface area contributed by atoms with Gasteiger partial charge in [0, 0.05) is 23.7 Å². The monoisotopic (exact) mass is 313 g/mol. The summed E-state index contributed by atoms with van der Waals surface area (Å²) in [6.45, 7) is 13.2. The Kier molecular flexibility index (Phi) is 5.40. The summed E-state index contributed by atoms with van der Waals surface area (Å²) in [4.78, 5) is 16.0. The molecule has 1 aliphatic carbocycles. The average molecular weight is 313 g/mol. The number of allylic oxidation sites excluding steroid dienone is 3. The van der Waals surface area contributed by atoms with Crippen molar-refractivity contribution in [1.29, 1.82) is 0 Å². The summed E-state index contributed by atoms with van der Waals surface area (Å²) in [5.74, 6) is 0.183. The van der Waals surface area contributed by atoms with Crippen molar-refractivity contribution in [3.63, 3.8) is 0 Å². The summed E-state index contributed by atoms with van der Waals surface area (Å²) in [5, 5.41) is 0. The average Bonchev–Trinajstić information content (AvgIpc) is 2.86. The predicted octanol–water partition coefficient (Wildman–Crippen LogP) is 4.96. The highest BCUT2D eigenvalue weighted by Gasteiger charge is 2.30. The van der Waals surface area contributed by atoms with E-state index < -0.39 is 0 Å². The molecular formula is C20H27NO2. The Morgan fingerprint density at radius 2 is 2.22 bits per heavy atom. The van der Waals surface area contributed by atoms with Crippen LogP contribution in [0.15, 0.2) is 47.8 Å². The fourth-order valence-corrected chi connectivity index (χ4v) is 3.21. The van der Waals surface area contributed by atoms with Crippen molar-refractivity contribution in [2.24, 2.45) is 11.3 Å². The summed E-state index contributed by atoms with van der Waals surface area (Å²) in [7, 11) is 0. The number of carbonyl (C=O) groups is 1. The normalized spacial score (nSPS) is 18.2. The number of rotatable bonds is 6.